The minimum atomic E-state index is 0.686. The number of nitrogens with zero attached hydrogens (tertiary/aromatic N) is 2. The fourth-order valence-corrected chi connectivity index (χ4v) is 2.81. The van der Waals surface area contributed by atoms with E-state index in [4.69, 9.17) is 9.47 Å². The molecule has 2 N–H and O–H groups in total. The Kier molecular flexibility index (Phi) is 6.68. The first-order valence-corrected chi connectivity index (χ1v) is 9.25. The van der Waals surface area contributed by atoms with E-state index >= 15 is 0 Å². The van der Waals surface area contributed by atoms with Crippen molar-refractivity contribution in [3.05, 3.63) is 71.5 Å². The number of nitrogens with one attached hydrogen (secondary N) is 2. The SMILES string of the molecule is COc1ccc(CCNc2cc(NCc3ccc(OC)cc3)nc(C)n2)cc1. The minimum Gasteiger partial charge on any atom is -0.497 e. The van der Waals surface area contributed by atoms with Crippen molar-refractivity contribution >= 4 is 11.6 Å². The van der Waals surface area contributed by atoms with Crippen LogP contribution in [-0.2, 0) is 13.0 Å². The third-order valence-electron chi connectivity index (χ3n) is 4.35. The molecule has 6 nitrogen and oxygen atoms in total. The highest BCUT2D eigenvalue weighted by Crippen LogP contribution is 2.16. The first-order chi connectivity index (χ1) is 13.7. The van der Waals surface area contributed by atoms with Crippen molar-refractivity contribution < 1.29 is 9.47 Å². The largest absolute Gasteiger partial charge is 0.497 e. The van der Waals surface area contributed by atoms with Crippen molar-refractivity contribution in [3.63, 3.8) is 0 Å². The molecule has 1 aromatic heterocycles. The van der Waals surface area contributed by atoms with Crippen LogP contribution < -0.4 is 20.1 Å². The van der Waals surface area contributed by atoms with Crippen LogP contribution in [0.3, 0.4) is 0 Å². The van der Waals surface area contributed by atoms with Gasteiger partial charge in [-0.1, -0.05) is 24.3 Å². The van der Waals surface area contributed by atoms with E-state index in [0.29, 0.717) is 6.54 Å². The predicted octanol–water partition coefficient (Wildman–Crippen LogP) is 4.07. The van der Waals surface area contributed by atoms with E-state index in [9.17, 15) is 0 Å². The summed E-state index contributed by atoms with van der Waals surface area (Å²) in [5, 5.41) is 6.73. The molecule has 0 amide bonds. The number of anilines is 2. The zero-order valence-corrected chi connectivity index (χ0v) is 16.5. The second kappa shape index (κ2) is 9.60. The molecule has 6 heteroatoms. The first kappa shape index (κ1) is 19.5. The highest BCUT2D eigenvalue weighted by Gasteiger charge is 2.03. The van der Waals surface area contributed by atoms with Gasteiger partial charge >= 0.3 is 0 Å². The van der Waals surface area contributed by atoms with Gasteiger partial charge in [0.15, 0.2) is 0 Å². The van der Waals surface area contributed by atoms with E-state index in [1.807, 2.05) is 49.4 Å². The van der Waals surface area contributed by atoms with Gasteiger partial charge in [-0.25, -0.2) is 9.97 Å². The summed E-state index contributed by atoms with van der Waals surface area (Å²) >= 11 is 0. The van der Waals surface area contributed by atoms with Gasteiger partial charge in [0.25, 0.3) is 0 Å². The van der Waals surface area contributed by atoms with Gasteiger partial charge in [0.1, 0.15) is 29.0 Å². The molecular weight excluding hydrogens is 352 g/mol. The summed E-state index contributed by atoms with van der Waals surface area (Å²) in [4.78, 5) is 8.94. The van der Waals surface area contributed by atoms with Crippen LogP contribution >= 0.6 is 0 Å². The number of hydrogen-bond acceptors (Lipinski definition) is 6. The maximum atomic E-state index is 5.19. The second-order valence-electron chi connectivity index (χ2n) is 6.41. The van der Waals surface area contributed by atoms with Crippen LogP contribution in [0.4, 0.5) is 11.6 Å². The zero-order chi connectivity index (χ0) is 19.8. The van der Waals surface area contributed by atoms with Crippen LogP contribution in [0.2, 0.25) is 0 Å². The summed E-state index contributed by atoms with van der Waals surface area (Å²) in [7, 11) is 3.34. The molecule has 0 saturated heterocycles. The van der Waals surface area contributed by atoms with E-state index in [-0.39, 0.29) is 0 Å². The first-order valence-electron chi connectivity index (χ1n) is 9.25. The molecule has 0 unspecified atom stereocenters. The zero-order valence-electron chi connectivity index (χ0n) is 16.5. The van der Waals surface area contributed by atoms with Crippen LogP contribution in [0, 0.1) is 6.92 Å². The molecule has 0 aliphatic carbocycles. The Labute approximate surface area is 166 Å². The Hall–Kier alpha value is -3.28. The highest BCUT2D eigenvalue weighted by molar-refractivity contribution is 5.48. The average molecular weight is 378 g/mol. The predicted molar refractivity (Wildman–Crippen MR) is 112 cm³/mol. The van der Waals surface area contributed by atoms with Crippen LogP contribution in [0.1, 0.15) is 17.0 Å². The lowest BCUT2D eigenvalue weighted by atomic mass is 10.1. The summed E-state index contributed by atoms with van der Waals surface area (Å²) < 4.78 is 10.4. The number of aromatic nitrogens is 2. The van der Waals surface area contributed by atoms with Crippen molar-refractivity contribution in [1.29, 1.82) is 0 Å². The van der Waals surface area contributed by atoms with Gasteiger partial charge in [-0.3, -0.25) is 0 Å². The van der Waals surface area contributed by atoms with Gasteiger partial charge in [-0.15, -0.1) is 0 Å². The van der Waals surface area contributed by atoms with Crippen molar-refractivity contribution in [1.82, 2.24) is 9.97 Å². The van der Waals surface area contributed by atoms with E-state index in [1.54, 1.807) is 14.2 Å². The molecule has 0 atom stereocenters. The quantitative estimate of drug-likeness (QED) is 0.585. The van der Waals surface area contributed by atoms with E-state index < -0.39 is 0 Å². The summed E-state index contributed by atoms with van der Waals surface area (Å²) in [5.74, 6) is 4.07. The van der Waals surface area contributed by atoms with Gasteiger partial charge in [-0.2, -0.15) is 0 Å². The lowest BCUT2D eigenvalue weighted by Gasteiger charge is -2.11. The van der Waals surface area contributed by atoms with E-state index in [1.165, 1.54) is 5.56 Å². The fourth-order valence-electron chi connectivity index (χ4n) is 2.81. The van der Waals surface area contributed by atoms with Gasteiger partial charge < -0.3 is 20.1 Å². The summed E-state index contributed by atoms with van der Waals surface area (Å²) in [6, 6.07) is 18.0. The smallest absolute Gasteiger partial charge is 0.132 e. The molecule has 0 bridgehead atoms. The number of aryl methyl sites for hydroxylation is 1. The molecule has 3 rings (SSSR count). The molecule has 0 spiro atoms. The van der Waals surface area contributed by atoms with Crippen molar-refractivity contribution in [2.45, 2.75) is 19.9 Å². The van der Waals surface area contributed by atoms with Crippen LogP contribution in [0.5, 0.6) is 11.5 Å². The molecule has 0 saturated carbocycles. The molecule has 0 aliphatic rings. The third-order valence-corrected chi connectivity index (χ3v) is 4.35. The second-order valence-corrected chi connectivity index (χ2v) is 6.41. The Morgan fingerprint density at radius 3 is 1.86 bits per heavy atom. The minimum absolute atomic E-state index is 0.686. The van der Waals surface area contributed by atoms with Gasteiger partial charge in [0.05, 0.1) is 14.2 Å². The van der Waals surface area contributed by atoms with Gasteiger partial charge in [0, 0.05) is 19.2 Å². The molecule has 146 valence electrons. The molecule has 0 aliphatic heterocycles. The Bertz CT molecular complexity index is 880. The standard InChI is InChI=1S/C22H26N4O2/c1-16-25-21(23-13-12-17-4-8-19(27-2)9-5-17)14-22(26-16)24-15-18-6-10-20(28-3)11-7-18/h4-11,14H,12-13,15H2,1-3H3,(H2,23,24,25,26). The summed E-state index contributed by atoms with van der Waals surface area (Å²) in [5.41, 5.74) is 2.41. The average Bonchev–Trinajstić information content (AvgIpc) is 2.73. The number of rotatable bonds is 9. The molecule has 1 heterocycles. The lowest BCUT2D eigenvalue weighted by Crippen LogP contribution is -2.09. The topological polar surface area (TPSA) is 68.3 Å². The van der Waals surface area contributed by atoms with E-state index in [2.05, 4.69) is 32.7 Å². The van der Waals surface area contributed by atoms with Crippen molar-refractivity contribution in [2.75, 3.05) is 31.4 Å². The van der Waals surface area contributed by atoms with Crippen molar-refractivity contribution in [2.24, 2.45) is 0 Å². The maximum absolute atomic E-state index is 5.19. The normalized spacial score (nSPS) is 10.4. The molecular formula is C22H26N4O2. The Morgan fingerprint density at radius 1 is 0.750 bits per heavy atom. The molecule has 3 aromatic rings. The number of methoxy groups -OCH3 is 2. The van der Waals surface area contributed by atoms with Gasteiger partial charge in [0.2, 0.25) is 0 Å². The fraction of sp³-hybridized carbons (Fsp3) is 0.273. The van der Waals surface area contributed by atoms with Crippen LogP contribution in [-0.4, -0.2) is 30.7 Å². The molecule has 0 radical (unpaired) electrons. The Morgan fingerprint density at radius 2 is 1.29 bits per heavy atom. The number of benzene rings is 2. The molecule has 2 aromatic carbocycles. The van der Waals surface area contributed by atoms with E-state index in [0.717, 1.165) is 47.5 Å². The maximum Gasteiger partial charge on any atom is 0.132 e. The van der Waals surface area contributed by atoms with Gasteiger partial charge in [-0.05, 0) is 48.7 Å². The highest BCUT2D eigenvalue weighted by atomic mass is 16.5. The summed E-state index contributed by atoms with van der Waals surface area (Å²) in [6.07, 6.45) is 0.904. The summed E-state index contributed by atoms with van der Waals surface area (Å²) in [6.45, 7) is 3.37. The van der Waals surface area contributed by atoms with Crippen LogP contribution in [0.15, 0.2) is 54.6 Å². The molecule has 28 heavy (non-hydrogen) atoms. The van der Waals surface area contributed by atoms with Crippen molar-refractivity contribution in [3.8, 4) is 11.5 Å². The number of ether oxygens (including phenoxy) is 2. The monoisotopic (exact) mass is 378 g/mol. The lowest BCUT2D eigenvalue weighted by molar-refractivity contribution is 0.414. The van der Waals surface area contributed by atoms with Crippen LogP contribution in [0.25, 0.3) is 0 Å². The molecule has 0 fully saturated rings. The Balaban J connectivity index is 1.54. The third kappa shape index (κ3) is 5.61. The number of hydrogen-bond donors (Lipinski definition) is 2.